The normalized spacial score (nSPS) is 15.4. The maximum absolute atomic E-state index is 13.0. The summed E-state index contributed by atoms with van der Waals surface area (Å²) in [7, 11) is 1.54. The minimum atomic E-state index is -0.115. The molecule has 22 heavy (non-hydrogen) atoms. The van der Waals surface area contributed by atoms with Crippen molar-refractivity contribution in [2.45, 2.75) is 31.8 Å². The van der Waals surface area contributed by atoms with Gasteiger partial charge in [-0.3, -0.25) is 4.79 Å². The number of carbonyl (C=O) groups is 1. The number of methoxy groups -OCH3 is 1. The van der Waals surface area contributed by atoms with Gasteiger partial charge in [0, 0.05) is 11.1 Å². The van der Waals surface area contributed by atoms with Gasteiger partial charge in [0.15, 0.2) is 0 Å². The number of halogens is 1. The second-order valence-electron chi connectivity index (χ2n) is 5.48. The van der Waals surface area contributed by atoms with Crippen LogP contribution in [0.1, 0.15) is 41.9 Å². The highest BCUT2D eigenvalue weighted by Gasteiger charge is 2.38. The Morgan fingerprint density at radius 1 is 1.41 bits per heavy atom. The highest BCUT2D eigenvalue weighted by atomic mass is 35.5. The number of hydrogen-bond donors (Lipinski definition) is 0. The zero-order valence-electron chi connectivity index (χ0n) is 12.6. The van der Waals surface area contributed by atoms with E-state index in [1.807, 2.05) is 24.0 Å². The van der Waals surface area contributed by atoms with Gasteiger partial charge in [0.25, 0.3) is 5.91 Å². The molecule has 1 aromatic carbocycles. The smallest absolute Gasteiger partial charge is 0.258 e. The number of furan rings is 1. The predicted octanol–water partition coefficient (Wildman–Crippen LogP) is 4.31. The SMILES string of the molecule is COc1cc(Cl)ccc1C(=O)N(C1CC1)[C@@H](C)c1ccco1. The molecule has 1 saturated carbocycles. The fourth-order valence-corrected chi connectivity index (χ4v) is 2.82. The average Bonchev–Trinajstić information content (AvgIpc) is 3.18. The summed E-state index contributed by atoms with van der Waals surface area (Å²) in [6.07, 6.45) is 3.67. The number of ether oxygens (including phenoxy) is 1. The second kappa shape index (κ2) is 6.05. The van der Waals surface area contributed by atoms with Crippen molar-refractivity contribution >= 4 is 17.5 Å². The molecule has 3 rings (SSSR count). The zero-order chi connectivity index (χ0) is 15.7. The van der Waals surface area contributed by atoms with E-state index in [1.54, 1.807) is 31.6 Å². The molecule has 5 heteroatoms. The Balaban J connectivity index is 1.94. The van der Waals surface area contributed by atoms with Crippen LogP contribution in [0.3, 0.4) is 0 Å². The van der Waals surface area contributed by atoms with Crippen LogP contribution in [0.4, 0.5) is 0 Å². The lowest BCUT2D eigenvalue weighted by Crippen LogP contribution is -2.35. The molecule has 0 radical (unpaired) electrons. The Morgan fingerprint density at radius 3 is 2.77 bits per heavy atom. The second-order valence-corrected chi connectivity index (χ2v) is 5.92. The van der Waals surface area contributed by atoms with E-state index in [2.05, 4.69) is 0 Å². The minimum absolute atomic E-state index is 0.0556. The third kappa shape index (κ3) is 2.83. The average molecular weight is 320 g/mol. The predicted molar refractivity (Wildman–Crippen MR) is 84.3 cm³/mol. The van der Waals surface area contributed by atoms with Crippen molar-refractivity contribution in [2.24, 2.45) is 0 Å². The van der Waals surface area contributed by atoms with E-state index in [-0.39, 0.29) is 18.0 Å². The van der Waals surface area contributed by atoms with Crippen LogP contribution in [0.2, 0.25) is 5.02 Å². The van der Waals surface area contributed by atoms with E-state index in [1.165, 1.54) is 0 Å². The minimum Gasteiger partial charge on any atom is -0.496 e. The third-order valence-electron chi connectivity index (χ3n) is 3.94. The summed E-state index contributed by atoms with van der Waals surface area (Å²) < 4.78 is 10.8. The third-order valence-corrected chi connectivity index (χ3v) is 4.18. The van der Waals surface area contributed by atoms with Crippen LogP contribution in [-0.2, 0) is 0 Å². The first-order valence-corrected chi connectivity index (χ1v) is 7.69. The highest BCUT2D eigenvalue weighted by Crippen LogP contribution is 2.37. The van der Waals surface area contributed by atoms with Crippen LogP contribution in [0.5, 0.6) is 5.75 Å². The lowest BCUT2D eigenvalue weighted by molar-refractivity contribution is 0.0649. The molecule has 1 aliphatic rings. The van der Waals surface area contributed by atoms with Gasteiger partial charge in [-0.15, -0.1) is 0 Å². The number of carbonyl (C=O) groups excluding carboxylic acids is 1. The van der Waals surface area contributed by atoms with Crippen molar-refractivity contribution in [2.75, 3.05) is 7.11 Å². The van der Waals surface area contributed by atoms with Gasteiger partial charge < -0.3 is 14.1 Å². The fourth-order valence-electron chi connectivity index (χ4n) is 2.66. The number of hydrogen-bond acceptors (Lipinski definition) is 3. The molecule has 1 fully saturated rings. The van der Waals surface area contributed by atoms with Crippen LogP contribution in [0, 0.1) is 0 Å². The van der Waals surface area contributed by atoms with Gasteiger partial charge in [0.1, 0.15) is 11.5 Å². The largest absolute Gasteiger partial charge is 0.496 e. The molecule has 116 valence electrons. The highest BCUT2D eigenvalue weighted by molar-refractivity contribution is 6.30. The monoisotopic (exact) mass is 319 g/mol. The van der Waals surface area contributed by atoms with Gasteiger partial charge in [0.2, 0.25) is 0 Å². The van der Waals surface area contributed by atoms with Crippen LogP contribution in [0.15, 0.2) is 41.0 Å². The molecule has 1 aliphatic carbocycles. The van der Waals surface area contributed by atoms with Crippen molar-refractivity contribution in [1.82, 2.24) is 4.90 Å². The maximum atomic E-state index is 13.0. The van der Waals surface area contributed by atoms with Crippen molar-refractivity contribution in [3.05, 3.63) is 52.9 Å². The zero-order valence-corrected chi connectivity index (χ0v) is 13.3. The molecule has 0 N–H and O–H groups in total. The Labute approximate surface area is 134 Å². The van der Waals surface area contributed by atoms with Crippen molar-refractivity contribution < 1.29 is 13.9 Å². The molecule has 1 atom stereocenters. The summed E-state index contributed by atoms with van der Waals surface area (Å²) in [6, 6.07) is 8.96. The Bertz CT molecular complexity index is 665. The number of amides is 1. The summed E-state index contributed by atoms with van der Waals surface area (Å²) in [5.74, 6) is 1.22. The first-order valence-electron chi connectivity index (χ1n) is 7.31. The molecule has 0 aliphatic heterocycles. The Kier molecular flexibility index (Phi) is 4.12. The van der Waals surface area contributed by atoms with E-state index >= 15 is 0 Å². The molecule has 4 nitrogen and oxygen atoms in total. The standard InChI is InChI=1S/C17H18ClNO3/c1-11(15-4-3-9-22-15)19(13-6-7-13)17(20)14-8-5-12(18)10-16(14)21-2/h3-5,8-11,13H,6-7H2,1-2H3/t11-/m0/s1. The van der Waals surface area contributed by atoms with Gasteiger partial charge >= 0.3 is 0 Å². The number of rotatable bonds is 5. The molecule has 0 unspecified atom stereocenters. The van der Waals surface area contributed by atoms with E-state index in [0.29, 0.717) is 16.3 Å². The molecule has 1 amide bonds. The maximum Gasteiger partial charge on any atom is 0.258 e. The summed E-state index contributed by atoms with van der Waals surface area (Å²) in [5, 5.41) is 0.547. The molecular formula is C17H18ClNO3. The molecule has 1 aromatic heterocycles. The first kappa shape index (κ1) is 15.0. The molecule has 0 spiro atoms. The molecule has 2 aromatic rings. The molecule has 1 heterocycles. The molecule has 0 saturated heterocycles. The fraction of sp³-hybridized carbons (Fsp3) is 0.353. The van der Waals surface area contributed by atoms with E-state index in [0.717, 1.165) is 18.6 Å². The lowest BCUT2D eigenvalue weighted by Gasteiger charge is -2.28. The topological polar surface area (TPSA) is 42.7 Å². The van der Waals surface area contributed by atoms with Crippen LogP contribution in [-0.4, -0.2) is 24.0 Å². The summed E-state index contributed by atoms with van der Waals surface area (Å²) in [4.78, 5) is 14.9. The summed E-state index contributed by atoms with van der Waals surface area (Å²) in [5.41, 5.74) is 0.525. The van der Waals surface area contributed by atoms with Crippen LogP contribution < -0.4 is 4.74 Å². The van der Waals surface area contributed by atoms with Gasteiger partial charge in [-0.2, -0.15) is 0 Å². The van der Waals surface area contributed by atoms with Crippen molar-refractivity contribution in [3.8, 4) is 5.75 Å². The molecular weight excluding hydrogens is 302 g/mol. The van der Waals surface area contributed by atoms with E-state index in [4.69, 9.17) is 20.8 Å². The summed E-state index contributed by atoms with van der Waals surface area (Å²) >= 11 is 5.98. The number of benzene rings is 1. The van der Waals surface area contributed by atoms with Crippen molar-refractivity contribution in [3.63, 3.8) is 0 Å². The number of nitrogens with zero attached hydrogens (tertiary/aromatic N) is 1. The lowest BCUT2D eigenvalue weighted by atomic mass is 10.1. The Hall–Kier alpha value is -1.94. The first-order chi connectivity index (χ1) is 10.6. The van der Waals surface area contributed by atoms with Crippen molar-refractivity contribution in [1.29, 1.82) is 0 Å². The van der Waals surface area contributed by atoms with E-state index in [9.17, 15) is 4.79 Å². The molecule has 0 bridgehead atoms. The van der Waals surface area contributed by atoms with Crippen LogP contribution in [0.25, 0.3) is 0 Å². The van der Waals surface area contributed by atoms with Crippen LogP contribution >= 0.6 is 11.6 Å². The quantitative estimate of drug-likeness (QED) is 0.824. The van der Waals surface area contributed by atoms with Gasteiger partial charge in [-0.1, -0.05) is 11.6 Å². The summed E-state index contributed by atoms with van der Waals surface area (Å²) in [6.45, 7) is 1.98. The Morgan fingerprint density at radius 2 is 2.18 bits per heavy atom. The van der Waals surface area contributed by atoms with Gasteiger partial charge in [-0.05, 0) is 50.1 Å². The van der Waals surface area contributed by atoms with E-state index < -0.39 is 0 Å². The van der Waals surface area contributed by atoms with Gasteiger partial charge in [0.05, 0.1) is 25.0 Å². The van der Waals surface area contributed by atoms with Gasteiger partial charge in [-0.25, -0.2) is 0 Å².